The van der Waals surface area contributed by atoms with Crippen LogP contribution < -0.4 is 0 Å². The molecule has 0 aromatic carbocycles. The van der Waals surface area contributed by atoms with Crippen molar-refractivity contribution in [1.29, 1.82) is 0 Å². The van der Waals surface area contributed by atoms with Gasteiger partial charge in [0, 0.05) is 9.77 Å². The van der Waals surface area contributed by atoms with Gasteiger partial charge in [-0.3, -0.25) is 4.98 Å². The predicted molar refractivity (Wildman–Crippen MR) is 52.1 cm³/mol. The third-order valence-corrected chi connectivity index (χ3v) is 1.96. The molecule has 0 amide bonds. The molecule has 3 nitrogen and oxygen atoms in total. The first kappa shape index (κ1) is 8.45. The van der Waals surface area contributed by atoms with Crippen LogP contribution in [0.1, 0.15) is 0 Å². The van der Waals surface area contributed by atoms with Gasteiger partial charge in [-0.15, -0.1) is 0 Å². The van der Waals surface area contributed by atoms with Gasteiger partial charge in [-0.2, -0.15) is 0 Å². The Hall–Kier alpha value is -0.650. The summed E-state index contributed by atoms with van der Waals surface area (Å²) in [6.07, 6.45) is 4.81. The molecule has 0 saturated carbocycles. The van der Waals surface area contributed by atoms with Crippen molar-refractivity contribution in [2.45, 2.75) is 0 Å². The fraction of sp³-hybridized carbons (Fsp3) is 0.143. The van der Waals surface area contributed by atoms with E-state index >= 15 is 0 Å². The molecule has 0 fully saturated rings. The molecule has 0 unspecified atom stereocenters. The minimum atomic E-state index is 0.829. The first-order valence-electron chi connectivity index (χ1n) is 2.99. The van der Waals surface area contributed by atoms with Crippen LogP contribution in [0.4, 0.5) is 5.69 Å². The van der Waals surface area contributed by atoms with E-state index in [1.54, 1.807) is 19.5 Å². The standard InChI is InChI=1S/C7H7IN2O/c1-11-5-10-7-4-9-3-2-6(7)8/h2-5H,1H3/b10-5+. The Kier molecular flexibility index (Phi) is 3.28. The number of pyridine rings is 1. The Morgan fingerprint density at radius 1 is 1.73 bits per heavy atom. The highest BCUT2D eigenvalue weighted by molar-refractivity contribution is 14.1. The van der Waals surface area contributed by atoms with E-state index < -0.39 is 0 Å². The number of hydrogen-bond acceptors (Lipinski definition) is 3. The molecule has 0 bridgehead atoms. The number of aliphatic imine (C=N–C) groups is 1. The molecule has 0 N–H and O–H groups in total. The number of ether oxygens (including phenoxy) is 1. The summed E-state index contributed by atoms with van der Waals surface area (Å²) in [6.45, 7) is 0. The average molecular weight is 262 g/mol. The summed E-state index contributed by atoms with van der Waals surface area (Å²) in [4.78, 5) is 7.93. The van der Waals surface area contributed by atoms with E-state index in [0.717, 1.165) is 9.26 Å². The smallest absolute Gasteiger partial charge is 0.174 e. The van der Waals surface area contributed by atoms with E-state index in [0.29, 0.717) is 0 Å². The molecular weight excluding hydrogens is 255 g/mol. The first-order chi connectivity index (χ1) is 5.34. The Balaban J connectivity index is 2.86. The molecule has 0 saturated heterocycles. The van der Waals surface area contributed by atoms with Gasteiger partial charge in [-0.1, -0.05) is 0 Å². The quantitative estimate of drug-likeness (QED) is 0.464. The molecule has 0 aliphatic rings. The number of hydrogen-bond donors (Lipinski definition) is 0. The third kappa shape index (κ3) is 2.45. The van der Waals surface area contributed by atoms with E-state index in [1.807, 2.05) is 6.07 Å². The highest BCUT2D eigenvalue weighted by atomic mass is 127. The van der Waals surface area contributed by atoms with Crippen LogP contribution in [0.3, 0.4) is 0 Å². The van der Waals surface area contributed by atoms with Gasteiger partial charge in [0.15, 0.2) is 6.40 Å². The van der Waals surface area contributed by atoms with Crippen molar-refractivity contribution in [3.05, 3.63) is 22.0 Å². The molecule has 0 atom stereocenters. The molecule has 11 heavy (non-hydrogen) atoms. The van der Waals surface area contributed by atoms with Crippen molar-refractivity contribution in [2.24, 2.45) is 4.99 Å². The van der Waals surface area contributed by atoms with Crippen LogP contribution in [0.15, 0.2) is 23.5 Å². The normalized spacial score (nSPS) is 10.4. The highest BCUT2D eigenvalue weighted by Crippen LogP contribution is 2.17. The maximum Gasteiger partial charge on any atom is 0.174 e. The summed E-state index contributed by atoms with van der Waals surface area (Å²) in [5, 5.41) is 0. The van der Waals surface area contributed by atoms with Crippen LogP contribution in [0.25, 0.3) is 0 Å². The van der Waals surface area contributed by atoms with Crippen molar-refractivity contribution >= 4 is 34.7 Å². The van der Waals surface area contributed by atoms with Crippen molar-refractivity contribution in [2.75, 3.05) is 7.11 Å². The van der Waals surface area contributed by atoms with Gasteiger partial charge in [0.2, 0.25) is 0 Å². The van der Waals surface area contributed by atoms with Gasteiger partial charge < -0.3 is 4.74 Å². The molecule has 58 valence electrons. The Labute approximate surface area is 78.7 Å². The second-order valence-corrected chi connectivity index (χ2v) is 2.96. The number of aromatic nitrogens is 1. The maximum atomic E-state index is 4.68. The molecule has 1 aromatic heterocycles. The molecule has 0 aliphatic heterocycles. The van der Waals surface area contributed by atoms with Gasteiger partial charge in [-0.25, -0.2) is 4.99 Å². The van der Waals surface area contributed by atoms with E-state index in [4.69, 9.17) is 0 Å². The van der Waals surface area contributed by atoms with E-state index in [1.165, 1.54) is 6.40 Å². The van der Waals surface area contributed by atoms with Gasteiger partial charge in [0.1, 0.15) is 0 Å². The van der Waals surface area contributed by atoms with E-state index in [-0.39, 0.29) is 0 Å². The molecular formula is C7H7IN2O. The molecule has 1 rings (SSSR count). The first-order valence-corrected chi connectivity index (χ1v) is 4.07. The van der Waals surface area contributed by atoms with Crippen molar-refractivity contribution in [3.8, 4) is 0 Å². The topological polar surface area (TPSA) is 34.5 Å². The lowest BCUT2D eigenvalue weighted by atomic mass is 10.4. The minimum absolute atomic E-state index is 0.829. The average Bonchev–Trinajstić information content (AvgIpc) is 2.03. The number of halogens is 1. The van der Waals surface area contributed by atoms with Crippen LogP contribution in [0.5, 0.6) is 0 Å². The van der Waals surface area contributed by atoms with Crippen LogP contribution in [-0.2, 0) is 4.74 Å². The van der Waals surface area contributed by atoms with Crippen molar-refractivity contribution < 1.29 is 4.74 Å². The summed E-state index contributed by atoms with van der Waals surface area (Å²) in [6, 6.07) is 1.89. The lowest BCUT2D eigenvalue weighted by Crippen LogP contribution is -1.79. The monoisotopic (exact) mass is 262 g/mol. The molecule has 0 aliphatic carbocycles. The predicted octanol–water partition coefficient (Wildman–Crippen LogP) is 1.99. The Bertz CT molecular complexity index is 262. The van der Waals surface area contributed by atoms with Crippen LogP contribution >= 0.6 is 22.6 Å². The molecule has 1 aromatic rings. The lowest BCUT2D eigenvalue weighted by Gasteiger charge is -1.94. The maximum absolute atomic E-state index is 4.68. The highest BCUT2D eigenvalue weighted by Gasteiger charge is 1.93. The summed E-state index contributed by atoms with van der Waals surface area (Å²) >= 11 is 2.19. The Morgan fingerprint density at radius 3 is 3.18 bits per heavy atom. The molecule has 4 heteroatoms. The number of methoxy groups -OCH3 is 1. The van der Waals surface area contributed by atoms with Crippen molar-refractivity contribution in [3.63, 3.8) is 0 Å². The SMILES string of the molecule is CO/C=N/c1cnccc1I. The molecule has 0 spiro atoms. The van der Waals surface area contributed by atoms with Gasteiger partial charge in [0.25, 0.3) is 0 Å². The van der Waals surface area contributed by atoms with Gasteiger partial charge in [0.05, 0.1) is 19.0 Å². The number of nitrogens with zero attached hydrogens (tertiary/aromatic N) is 2. The van der Waals surface area contributed by atoms with Gasteiger partial charge in [-0.05, 0) is 28.7 Å². The largest absolute Gasteiger partial charge is 0.486 e. The molecule has 0 radical (unpaired) electrons. The zero-order valence-corrected chi connectivity index (χ0v) is 8.15. The second-order valence-electron chi connectivity index (χ2n) is 1.80. The fourth-order valence-electron chi connectivity index (χ4n) is 0.574. The summed E-state index contributed by atoms with van der Waals surface area (Å²) in [5.74, 6) is 0. The van der Waals surface area contributed by atoms with Gasteiger partial charge >= 0.3 is 0 Å². The fourth-order valence-corrected chi connectivity index (χ4v) is 1.01. The van der Waals surface area contributed by atoms with Crippen molar-refractivity contribution in [1.82, 2.24) is 4.98 Å². The minimum Gasteiger partial charge on any atom is -0.486 e. The van der Waals surface area contributed by atoms with E-state index in [2.05, 4.69) is 37.3 Å². The zero-order chi connectivity index (χ0) is 8.10. The van der Waals surface area contributed by atoms with E-state index in [9.17, 15) is 0 Å². The number of rotatable bonds is 2. The zero-order valence-electron chi connectivity index (χ0n) is 5.99. The van der Waals surface area contributed by atoms with Crippen LogP contribution in [0, 0.1) is 3.57 Å². The third-order valence-electron chi connectivity index (χ3n) is 1.05. The Morgan fingerprint density at radius 2 is 2.55 bits per heavy atom. The molecule has 1 heterocycles. The van der Waals surface area contributed by atoms with Crippen LogP contribution in [-0.4, -0.2) is 18.5 Å². The lowest BCUT2D eigenvalue weighted by molar-refractivity contribution is 0.423. The van der Waals surface area contributed by atoms with Crippen LogP contribution in [0.2, 0.25) is 0 Å². The summed E-state index contributed by atoms with van der Waals surface area (Å²) < 4.78 is 5.74. The summed E-state index contributed by atoms with van der Waals surface area (Å²) in [5.41, 5.74) is 0.829. The summed E-state index contributed by atoms with van der Waals surface area (Å²) in [7, 11) is 1.56. The second kappa shape index (κ2) is 4.27.